The number of rotatable bonds is 34. The monoisotopic (exact) mass is 720 g/mol. The molecule has 8 nitrogen and oxygen atoms in total. The molecular formula is C41H69O8P. The second kappa shape index (κ2) is 36.3. The third kappa shape index (κ3) is 35.3. The van der Waals surface area contributed by atoms with Crippen LogP contribution in [0.2, 0.25) is 0 Å². The summed E-state index contributed by atoms with van der Waals surface area (Å²) in [4.78, 5) is 34.5. The Morgan fingerprint density at radius 3 is 1.62 bits per heavy atom. The van der Waals surface area contributed by atoms with Crippen molar-refractivity contribution in [3.8, 4) is 0 Å². The molecule has 1 N–H and O–H groups in total. The Bertz CT molecular complexity index is 1040. The maximum atomic E-state index is 12.4. The Morgan fingerprint density at radius 2 is 1.08 bits per heavy atom. The number of phosphoric acid groups is 1. The van der Waals surface area contributed by atoms with Crippen molar-refractivity contribution in [2.24, 2.45) is 0 Å². The zero-order valence-electron chi connectivity index (χ0n) is 31.5. The number of allylic oxidation sites excluding steroid dienone is 11. The molecular weight excluding hydrogens is 651 g/mol. The van der Waals surface area contributed by atoms with Gasteiger partial charge in [-0.25, -0.2) is 4.57 Å². The molecule has 0 fully saturated rings. The highest BCUT2D eigenvalue weighted by Gasteiger charge is 2.25. The molecule has 0 saturated heterocycles. The third-order valence-corrected chi connectivity index (χ3v) is 8.59. The fraction of sp³-hybridized carbons (Fsp3) is 0.659. The summed E-state index contributed by atoms with van der Waals surface area (Å²) in [6.07, 6.45) is 44.1. The summed E-state index contributed by atoms with van der Waals surface area (Å²) >= 11 is 0. The van der Waals surface area contributed by atoms with Crippen LogP contribution in [0.15, 0.2) is 72.9 Å². The number of unbranched alkanes of at least 4 members (excludes halogenated alkanes) is 11. The molecule has 50 heavy (non-hydrogen) atoms. The first-order valence-corrected chi connectivity index (χ1v) is 20.7. The normalized spacial score (nSPS) is 14.2. The first kappa shape index (κ1) is 47.5. The molecule has 2 unspecified atom stereocenters. The Labute approximate surface area is 304 Å². The first-order chi connectivity index (χ1) is 24.3. The minimum absolute atomic E-state index is 0.00906. The Morgan fingerprint density at radius 1 is 0.580 bits per heavy atom. The molecule has 0 aliphatic rings. The van der Waals surface area contributed by atoms with Crippen molar-refractivity contribution in [1.29, 1.82) is 0 Å². The van der Waals surface area contributed by atoms with E-state index in [0.717, 1.165) is 57.8 Å². The molecule has 0 saturated carbocycles. The quantitative estimate of drug-likeness (QED) is 0.0303. The molecule has 0 aromatic carbocycles. The second-order valence-electron chi connectivity index (χ2n) is 12.2. The Balaban J connectivity index is 4.31. The van der Waals surface area contributed by atoms with Crippen molar-refractivity contribution >= 4 is 19.8 Å². The van der Waals surface area contributed by atoms with Gasteiger partial charge in [-0.15, -0.1) is 0 Å². The molecule has 0 amide bonds. The van der Waals surface area contributed by atoms with Crippen LogP contribution in [0.5, 0.6) is 0 Å². The van der Waals surface area contributed by atoms with Gasteiger partial charge in [-0.1, -0.05) is 138 Å². The van der Waals surface area contributed by atoms with Crippen LogP contribution in [-0.2, 0) is 32.7 Å². The van der Waals surface area contributed by atoms with Gasteiger partial charge >= 0.3 is 19.8 Å². The van der Waals surface area contributed by atoms with Crippen LogP contribution >= 0.6 is 7.82 Å². The predicted octanol–water partition coefficient (Wildman–Crippen LogP) is 11.8. The van der Waals surface area contributed by atoms with Crippen LogP contribution in [0.3, 0.4) is 0 Å². The fourth-order valence-electron chi connectivity index (χ4n) is 4.76. The molecule has 0 aromatic heterocycles. The number of phosphoric ester groups is 1. The molecule has 0 rings (SSSR count). The van der Waals surface area contributed by atoms with Crippen molar-refractivity contribution < 1.29 is 37.6 Å². The Hall–Kier alpha value is -2.51. The van der Waals surface area contributed by atoms with Gasteiger partial charge in [0, 0.05) is 6.42 Å². The minimum Gasteiger partial charge on any atom is -0.462 e. The largest absolute Gasteiger partial charge is 0.472 e. The SMILES string of the molecule is CC/C=C\C/C=C\C/C=C\C/C=C\C/C=C\CC(=O)OC(COC(=O)CCCCCCC/C=C\CCCCCCCC)COP(=O)(O)OCC. The lowest BCUT2D eigenvalue weighted by molar-refractivity contribution is -0.160. The van der Waals surface area contributed by atoms with Crippen molar-refractivity contribution in [2.45, 2.75) is 155 Å². The van der Waals surface area contributed by atoms with Crippen LogP contribution in [0.1, 0.15) is 149 Å². The molecule has 0 radical (unpaired) electrons. The van der Waals surface area contributed by atoms with Crippen LogP contribution in [0, 0.1) is 0 Å². The number of hydrogen-bond donors (Lipinski definition) is 1. The van der Waals surface area contributed by atoms with Gasteiger partial charge in [0.15, 0.2) is 6.10 Å². The summed E-state index contributed by atoms with van der Waals surface area (Å²) in [5.41, 5.74) is 0. The van der Waals surface area contributed by atoms with Gasteiger partial charge < -0.3 is 14.4 Å². The van der Waals surface area contributed by atoms with E-state index in [1.807, 2.05) is 12.2 Å². The van der Waals surface area contributed by atoms with Crippen LogP contribution < -0.4 is 0 Å². The lowest BCUT2D eigenvalue weighted by atomic mass is 10.1. The van der Waals surface area contributed by atoms with E-state index in [1.165, 1.54) is 44.9 Å². The molecule has 2 atom stereocenters. The number of ether oxygens (including phenoxy) is 2. The average molecular weight is 721 g/mol. The highest BCUT2D eigenvalue weighted by molar-refractivity contribution is 7.47. The maximum absolute atomic E-state index is 12.4. The highest BCUT2D eigenvalue weighted by atomic mass is 31.2. The van der Waals surface area contributed by atoms with Crippen LogP contribution in [-0.4, -0.2) is 42.8 Å². The second-order valence-corrected chi connectivity index (χ2v) is 13.7. The first-order valence-electron chi connectivity index (χ1n) is 19.2. The molecule has 0 heterocycles. The van der Waals surface area contributed by atoms with E-state index >= 15 is 0 Å². The summed E-state index contributed by atoms with van der Waals surface area (Å²) in [7, 11) is -4.31. The lowest BCUT2D eigenvalue weighted by Gasteiger charge is -2.19. The zero-order valence-corrected chi connectivity index (χ0v) is 32.4. The molecule has 286 valence electrons. The van der Waals surface area contributed by atoms with E-state index in [4.69, 9.17) is 18.5 Å². The average Bonchev–Trinajstić information content (AvgIpc) is 3.09. The van der Waals surface area contributed by atoms with Gasteiger partial charge in [0.2, 0.25) is 0 Å². The van der Waals surface area contributed by atoms with Crippen molar-refractivity contribution in [3.63, 3.8) is 0 Å². The van der Waals surface area contributed by atoms with E-state index in [0.29, 0.717) is 12.8 Å². The Kier molecular flexibility index (Phi) is 34.5. The minimum atomic E-state index is -4.31. The third-order valence-electron chi connectivity index (χ3n) is 7.53. The van der Waals surface area contributed by atoms with Gasteiger partial charge in [-0.2, -0.15) is 0 Å². The van der Waals surface area contributed by atoms with Gasteiger partial charge in [-0.3, -0.25) is 18.6 Å². The standard InChI is InChI=1S/C41H69O8P/c1-4-7-9-11-13-15-17-19-21-23-25-27-29-31-33-35-40(42)46-37-39(38-48-50(44,45)47-6-3)49-41(43)36-34-32-30-28-26-24-22-20-18-16-14-12-10-8-5-2/h8,10,14,16,19-22,26,28,32,34,39H,4-7,9,11-13,15,17-18,23-25,27,29-31,33,35-38H2,1-3H3,(H,44,45)/b10-8-,16-14-,21-19-,22-20-,28-26-,34-32-. The zero-order chi connectivity index (χ0) is 36.8. The molecule has 0 aliphatic heterocycles. The lowest BCUT2D eigenvalue weighted by Crippen LogP contribution is -2.29. The molecule has 9 heteroatoms. The van der Waals surface area contributed by atoms with E-state index in [1.54, 1.807) is 13.0 Å². The highest BCUT2D eigenvalue weighted by Crippen LogP contribution is 2.43. The summed E-state index contributed by atoms with van der Waals surface area (Å²) in [5, 5.41) is 0. The van der Waals surface area contributed by atoms with E-state index < -0.39 is 32.5 Å². The molecule has 0 aliphatic carbocycles. The predicted molar refractivity (Wildman–Crippen MR) is 207 cm³/mol. The van der Waals surface area contributed by atoms with Crippen molar-refractivity contribution in [1.82, 2.24) is 0 Å². The van der Waals surface area contributed by atoms with Gasteiger partial charge in [0.05, 0.1) is 19.6 Å². The van der Waals surface area contributed by atoms with Gasteiger partial charge in [0.25, 0.3) is 0 Å². The smallest absolute Gasteiger partial charge is 0.462 e. The fourth-order valence-corrected chi connectivity index (χ4v) is 5.51. The summed E-state index contributed by atoms with van der Waals surface area (Å²) in [5.74, 6) is -0.962. The van der Waals surface area contributed by atoms with Crippen LogP contribution in [0.4, 0.5) is 0 Å². The summed E-state index contributed by atoms with van der Waals surface area (Å²) in [6.45, 7) is 5.20. The topological polar surface area (TPSA) is 108 Å². The molecule has 0 bridgehead atoms. The van der Waals surface area contributed by atoms with E-state index in [-0.39, 0.29) is 26.1 Å². The molecule has 0 aromatic rings. The number of carbonyl (C=O) groups excluding carboxylic acids is 2. The van der Waals surface area contributed by atoms with Gasteiger partial charge in [0.1, 0.15) is 6.61 Å². The van der Waals surface area contributed by atoms with Crippen LogP contribution in [0.25, 0.3) is 0 Å². The van der Waals surface area contributed by atoms with E-state index in [2.05, 4.69) is 68.5 Å². The van der Waals surface area contributed by atoms with Crippen molar-refractivity contribution in [3.05, 3.63) is 72.9 Å². The van der Waals surface area contributed by atoms with Gasteiger partial charge in [-0.05, 0) is 71.1 Å². The number of hydrogen-bond acceptors (Lipinski definition) is 7. The van der Waals surface area contributed by atoms with Crippen molar-refractivity contribution in [2.75, 3.05) is 19.8 Å². The number of esters is 2. The summed E-state index contributed by atoms with van der Waals surface area (Å²) in [6, 6.07) is 0. The maximum Gasteiger partial charge on any atom is 0.472 e. The van der Waals surface area contributed by atoms with E-state index in [9.17, 15) is 19.0 Å². The number of carbonyl (C=O) groups is 2. The summed E-state index contributed by atoms with van der Waals surface area (Å²) < 4.78 is 32.4. The molecule has 0 spiro atoms.